The van der Waals surface area contributed by atoms with Crippen molar-refractivity contribution in [2.24, 2.45) is 0 Å². The SMILES string of the molecule is CC(CN1CCNC1=S)OC(=O)c1ccccc1. The molecule has 0 radical (unpaired) electrons. The van der Waals surface area contributed by atoms with E-state index in [1.165, 1.54) is 0 Å². The van der Waals surface area contributed by atoms with Crippen LogP contribution in [0.2, 0.25) is 0 Å². The molecule has 0 spiro atoms. The number of rotatable bonds is 4. The second kappa shape index (κ2) is 5.82. The van der Waals surface area contributed by atoms with Crippen LogP contribution >= 0.6 is 12.2 Å². The summed E-state index contributed by atoms with van der Waals surface area (Å²) in [6.45, 7) is 4.23. The van der Waals surface area contributed by atoms with E-state index in [9.17, 15) is 4.79 Å². The highest BCUT2D eigenvalue weighted by molar-refractivity contribution is 7.80. The number of ether oxygens (including phenoxy) is 1. The normalized spacial score (nSPS) is 16.3. The molecule has 0 aliphatic carbocycles. The fraction of sp³-hybridized carbons (Fsp3) is 0.385. The Bertz CT molecular complexity index is 436. The Kier molecular flexibility index (Phi) is 4.15. The highest BCUT2D eigenvalue weighted by Crippen LogP contribution is 2.06. The zero-order chi connectivity index (χ0) is 13.0. The standard InChI is InChI=1S/C13H16N2O2S/c1-10(9-15-8-7-14-13(15)18)17-12(16)11-5-3-2-4-6-11/h2-6,10H,7-9H2,1H3,(H,14,18). The van der Waals surface area contributed by atoms with Gasteiger partial charge in [0.15, 0.2) is 5.11 Å². The van der Waals surface area contributed by atoms with Crippen molar-refractivity contribution in [3.05, 3.63) is 35.9 Å². The Morgan fingerprint density at radius 3 is 2.83 bits per heavy atom. The molecular formula is C13H16N2O2S. The Morgan fingerprint density at radius 1 is 1.50 bits per heavy atom. The van der Waals surface area contributed by atoms with E-state index in [4.69, 9.17) is 17.0 Å². The second-order valence-electron chi connectivity index (χ2n) is 4.26. The summed E-state index contributed by atoms with van der Waals surface area (Å²) >= 11 is 5.14. The predicted molar refractivity (Wildman–Crippen MR) is 73.5 cm³/mol. The van der Waals surface area contributed by atoms with Crippen molar-refractivity contribution in [1.82, 2.24) is 10.2 Å². The van der Waals surface area contributed by atoms with E-state index in [-0.39, 0.29) is 12.1 Å². The van der Waals surface area contributed by atoms with Gasteiger partial charge in [0.1, 0.15) is 6.10 Å². The Hall–Kier alpha value is -1.62. The van der Waals surface area contributed by atoms with Gasteiger partial charge in [0.25, 0.3) is 0 Å². The highest BCUT2D eigenvalue weighted by atomic mass is 32.1. The molecule has 1 aliphatic heterocycles. The first-order valence-corrected chi connectivity index (χ1v) is 6.36. The lowest BCUT2D eigenvalue weighted by Crippen LogP contribution is -2.35. The maximum absolute atomic E-state index is 11.8. The molecule has 1 fully saturated rings. The summed E-state index contributed by atoms with van der Waals surface area (Å²) in [6, 6.07) is 9.00. The van der Waals surface area contributed by atoms with E-state index in [1.54, 1.807) is 12.1 Å². The van der Waals surface area contributed by atoms with Crippen molar-refractivity contribution >= 4 is 23.3 Å². The van der Waals surface area contributed by atoms with E-state index in [0.29, 0.717) is 12.1 Å². The van der Waals surface area contributed by atoms with Crippen molar-refractivity contribution < 1.29 is 9.53 Å². The average molecular weight is 264 g/mol. The van der Waals surface area contributed by atoms with Gasteiger partial charge < -0.3 is 15.0 Å². The van der Waals surface area contributed by atoms with Crippen LogP contribution in [0.3, 0.4) is 0 Å². The summed E-state index contributed by atoms with van der Waals surface area (Å²) in [4.78, 5) is 13.8. The molecule has 0 saturated carbocycles. The van der Waals surface area contributed by atoms with Crippen LogP contribution in [0.4, 0.5) is 0 Å². The van der Waals surface area contributed by atoms with Crippen molar-refractivity contribution in [3.8, 4) is 0 Å². The first kappa shape index (κ1) is 12.8. The number of nitrogens with zero attached hydrogens (tertiary/aromatic N) is 1. The molecule has 18 heavy (non-hydrogen) atoms. The van der Waals surface area contributed by atoms with E-state index >= 15 is 0 Å². The van der Waals surface area contributed by atoms with Gasteiger partial charge in [0.05, 0.1) is 12.1 Å². The molecular weight excluding hydrogens is 248 g/mol. The maximum atomic E-state index is 11.8. The molecule has 5 heteroatoms. The van der Waals surface area contributed by atoms with Crippen LogP contribution in [0.1, 0.15) is 17.3 Å². The molecule has 4 nitrogen and oxygen atoms in total. The quantitative estimate of drug-likeness (QED) is 0.658. The lowest BCUT2D eigenvalue weighted by molar-refractivity contribution is 0.0304. The number of hydrogen-bond acceptors (Lipinski definition) is 3. The Labute approximate surface area is 112 Å². The first-order valence-electron chi connectivity index (χ1n) is 5.95. The maximum Gasteiger partial charge on any atom is 0.338 e. The molecule has 1 heterocycles. The van der Waals surface area contributed by atoms with Crippen LogP contribution in [0.5, 0.6) is 0 Å². The van der Waals surface area contributed by atoms with E-state index in [0.717, 1.165) is 18.2 Å². The van der Waals surface area contributed by atoms with Crippen LogP contribution in [-0.4, -0.2) is 41.7 Å². The zero-order valence-corrected chi connectivity index (χ0v) is 11.1. The second-order valence-corrected chi connectivity index (χ2v) is 4.65. The summed E-state index contributed by atoms with van der Waals surface area (Å²) in [5, 5.41) is 3.81. The number of hydrogen-bond donors (Lipinski definition) is 1. The molecule has 0 aromatic heterocycles. The monoisotopic (exact) mass is 264 g/mol. The van der Waals surface area contributed by atoms with Crippen LogP contribution < -0.4 is 5.32 Å². The molecule has 0 bridgehead atoms. The van der Waals surface area contributed by atoms with Gasteiger partial charge in [0.2, 0.25) is 0 Å². The van der Waals surface area contributed by atoms with Crippen molar-refractivity contribution in [3.63, 3.8) is 0 Å². The number of thiocarbonyl (C=S) groups is 1. The van der Waals surface area contributed by atoms with Gasteiger partial charge in [0, 0.05) is 13.1 Å². The third-order valence-electron chi connectivity index (χ3n) is 2.74. The summed E-state index contributed by atoms with van der Waals surface area (Å²) < 4.78 is 5.38. The molecule has 1 aliphatic rings. The Morgan fingerprint density at radius 2 is 2.22 bits per heavy atom. The summed E-state index contributed by atoms with van der Waals surface area (Å²) in [5.41, 5.74) is 0.575. The highest BCUT2D eigenvalue weighted by Gasteiger charge is 2.20. The van der Waals surface area contributed by atoms with Gasteiger partial charge in [-0.1, -0.05) is 18.2 Å². The minimum Gasteiger partial charge on any atom is -0.457 e. The first-order chi connectivity index (χ1) is 8.66. The molecule has 1 aromatic rings. The summed E-state index contributed by atoms with van der Waals surface area (Å²) in [7, 11) is 0. The van der Waals surface area contributed by atoms with Gasteiger partial charge in [-0.3, -0.25) is 0 Å². The third kappa shape index (κ3) is 3.20. The summed E-state index contributed by atoms with van der Waals surface area (Å²) in [5.74, 6) is -0.291. The van der Waals surface area contributed by atoms with Crippen molar-refractivity contribution in [1.29, 1.82) is 0 Å². The van der Waals surface area contributed by atoms with Gasteiger partial charge in [-0.15, -0.1) is 0 Å². The molecule has 0 amide bonds. The number of carbonyl (C=O) groups is 1. The van der Waals surface area contributed by atoms with E-state index < -0.39 is 0 Å². The predicted octanol–water partition coefficient (Wildman–Crippen LogP) is 1.42. The minimum absolute atomic E-state index is 0.185. The third-order valence-corrected chi connectivity index (χ3v) is 3.14. The fourth-order valence-electron chi connectivity index (χ4n) is 1.86. The van der Waals surface area contributed by atoms with Crippen LogP contribution in [0.25, 0.3) is 0 Å². The molecule has 1 unspecified atom stereocenters. The zero-order valence-electron chi connectivity index (χ0n) is 10.3. The number of benzene rings is 1. The van der Waals surface area contributed by atoms with Crippen molar-refractivity contribution in [2.45, 2.75) is 13.0 Å². The van der Waals surface area contributed by atoms with Crippen LogP contribution in [-0.2, 0) is 4.74 Å². The summed E-state index contributed by atoms with van der Waals surface area (Å²) in [6.07, 6.45) is -0.185. The lowest BCUT2D eigenvalue weighted by atomic mass is 10.2. The average Bonchev–Trinajstić information content (AvgIpc) is 2.76. The van der Waals surface area contributed by atoms with Gasteiger partial charge >= 0.3 is 5.97 Å². The van der Waals surface area contributed by atoms with E-state index in [1.807, 2.05) is 30.0 Å². The fourth-order valence-corrected chi connectivity index (χ4v) is 2.13. The van der Waals surface area contributed by atoms with E-state index in [2.05, 4.69) is 5.32 Å². The number of carbonyl (C=O) groups excluding carboxylic acids is 1. The van der Waals surface area contributed by atoms with Crippen LogP contribution in [0.15, 0.2) is 30.3 Å². The van der Waals surface area contributed by atoms with Gasteiger partial charge in [-0.2, -0.15) is 0 Å². The number of esters is 1. The van der Waals surface area contributed by atoms with Crippen molar-refractivity contribution in [2.75, 3.05) is 19.6 Å². The van der Waals surface area contributed by atoms with Gasteiger partial charge in [-0.25, -0.2) is 4.79 Å². The van der Waals surface area contributed by atoms with Gasteiger partial charge in [-0.05, 0) is 31.3 Å². The topological polar surface area (TPSA) is 41.6 Å². The van der Waals surface area contributed by atoms with Crippen LogP contribution in [0, 0.1) is 0 Å². The molecule has 1 atom stereocenters. The molecule has 2 rings (SSSR count). The lowest BCUT2D eigenvalue weighted by Gasteiger charge is -2.21. The smallest absolute Gasteiger partial charge is 0.338 e. The molecule has 1 saturated heterocycles. The molecule has 1 aromatic carbocycles. The molecule has 1 N–H and O–H groups in total. The molecule has 96 valence electrons. The number of nitrogens with one attached hydrogen (secondary N) is 1. The largest absolute Gasteiger partial charge is 0.457 e. The Balaban J connectivity index is 1.86. The minimum atomic E-state index is -0.291.